The molecule has 1 unspecified atom stereocenters. The van der Waals surface area contributed by atoms with Crippen LogP contribution in [0, 0.1) is 6.92 Å². The van der Waals surface area contributed by atoms with Crippen LogP contribution in [-0.2, 0) is 12.0 Å². The van der Waals surface area contributed by atoms with Gasteiger partial charge in [-0.15, -0.1) is 10.2 Å². The van der Waals surface area contributed by atoms with Gasteiger partial charge in [0.25, 0.3) is 0 Å². The fraction of sp³-hybridized carbons (Fsp3) is 0.381. The number of piperidine rings is 1. The molecule has 3 aromatic rings. The van der Waals surface area contributed by atoms with Crippen molar-refractivity contribution in [1.82, 2.24) is 15.1 Å². The number of aromatic nitrogens is 2. The smallest absolute Gasteiger partial charge is 0.336 e. The van der Waals surface area contributed by atoms with Gasteiger partial charge in [-0.25, -0.2) is 4.79 Å². The molecule has 7 heteroatoms. The van der Waals surface area contributed by atoms with Crippen LogP contribution in [0.1, 0.15) is 47.7 Å². The van der Waals surface area contributed by atoms with Gasteiger partial charge in [0.05, 0.1) is 17.5 Å². The zero-order chi connectivity index (χ0) is 19.7. The van der Waals surface area contributed by atoms with Gasteiger partial charge in [-0.2, -0.15) is 0 Å². The average Bonchev–Trinajstić information content (AvgIpc) is 3.31. The van der Waals surface area contributed by atoms with E-state index in [9.17, 15) is 9.90 Å². The maximum Gasteiger partial charge on any atom is 0.336 e. The summed E-state index contributed by atoms with van der Waals surface area (Å²) in [5.74, 6) is 1.68. The maximum absolute atomic E-state index is 11.5. The molecular formula is C21H23N3O4. The Balaban J connectivity index is 1.51. The van der Waals surface area contributed by atoms with Gasteiger partial charge < -0.3 is 13.9 Å². The Labute approximate surface area is 163 Å². The quantitative estimate of drug-likeness (QED) is 0.717. The molecule has 1 aliphatic rings. The second-order valence-electron chi connectivity index (χ2n) is 7.62. The fourth-order valence-electron chi connectivity index (χ4n) is 3.91. The van der Waals surface area contributed by atoms with E-state index in [4.69, 9.17) is 8.83 Å². The maximum atomic E-state index is 11.5. The van der Waals surface area contributed by atoms with Crippen LogP contribution < -0.4 is 0 Å². The summed E-state index contributed by atoms with van der Waals surface area (Å²) < 4.78 is 11.7. The lowest BCUT2D eigenvalue weighted by atomic mass is 9.81. The highest BCUT2D eigenvalue weighted by atomic mass is 16.4. The molecule has 0 bridgehead atoms. The number of carboxylic acids is 1. The minimum Gasteiger partial charge on any atom is -0.478 e. The summed E-state index contributed by atoms with van der Waals surface area (Å²) in [7, 11) is 0. The highest BCUT2D eigenvalue weighted by Crippen LogP contribution is 2.34. The summed E-state index contributed by atoms with van der Waals surface area (Å²) in [6.07, 6.45) is 2.04. The minimum atomic E-state index is -0.963. The van der Waals surface area contributed by atoms with Crippen molar-refractivity contribution in [3.05, 3.63) is 59.5 Å². The summed E-state index contributed by atoms with van der Waals surface area (Å²) in [6, 6.07) is 10.6. The van der Waals surface area contributed by atoms with Gasteiger partial charge >= 0.3 is 5.97 Å². The van der Waals surface area contributed by atoms with Crippen LogP contribution in [0.25, 0.3) is 11.3 Å². The van der Waals surface area contributed by atoms with Crippen LogP contribution in [0.3, 0.4) is 0 Å². The van der Waals surface area contributed by atoms with E-state index < -0.39 is 5.97 Å². The lowest BCUT2D eigenvalue weighted by molar-refractivity contribution is 0.0697. The molecule has 146 valence electrons. The molecule has 4 rings (SSSR count). The monoisotopic (exact) mass is 381 g/mol. The van der Waals surface area contributed by atoms with Gasteiger partial charge in [0.15, 0.2) is 0 Å². The summed E-state index contributed by atoms with van der Waals surface area (Å²) in [6.45, 7) is 6.38. The fourth-order valence-corrected chi connectivity index (χ4v) is 3.91. The van der Waals surface area contributed by atoms with Crippen LogP contribution in [0.5, 0.6) is 0 Å². The first-order valence-corrected chi connectivity index (χ1v) is 9.39. The molecule has 0 spiro atoms. The number of hydrogen-bond acceptors (Lipinski definition) is 6. The molecular weight excluding hydrogens is 358 g/mol. The second-order valence-corrected chi connectivity index (χ2v) is 7.62. The number of hydrogen-bond donors (Lipinski definition) is 1. The van der Waals surface area contributed by atoms with Gasteiger partial charge in [-0.1, -0.05) is 18.2 Å². The van der Waals surface area contributed by atoms with E-state index in [-0.39, 0.29) is 11.0 Å². The van der Waals surface area contributed by atoms with E-state index in [0.29, 0.717) is 29.6 Å². The summed E-state index contributed by atoms with van der Waals surface area (Å²) in [5.41, 5.74) is 0.650. The largest absolute Gasteiger partial charge is 0.478 e. The Hall–Kier alpha value is -2.93. The highest BCUT2D eigenvalue weighted by Gasteiger charge is 2.37. The molecule has 1 saturated heterocycles. The van der Waals surface area contributed by atoms with Gasteiger partial charge in [-0.05, 0) is 44.5 Å². The number of benzene rings is 1. The number of carbonyl (C=O) groups is 1. The topological polar surface area (TPSA) is 92.6 Å². The number of likely N-dealkylation sites (tertiary alicyclic amines) is 1. The number of carboxylic acid groups (broad SMARTS) is 1. The summed E-state index contributed by atoms with van der Waals surface area (Å²) in [4.78, 5) is 13.8. The normalized spacial score (nSPS) is 20.4. The molecule has 1 N–H and O–H groups in total. The Morgan fingerprint density at radius 2 is 2.04 bits per heavy atom. The van der Waals surface area contributed by atoms with Crippen molar-refractivity contribution in [1.29, 1.82) is 0 Å². The zero-order valence-corrected chi connectivity index (χ0v) is 16.0. The Morgan fingerprint density at radius 1 is 1.21 bits per heavy atom. The van der Waals surface area contributed by atoms with Crippen molar-refractivity contribution < 1.29 is 18.7 Å². The molecule has 1 atom stereocenters. The van der Waals surface area contributed by atoms with Crippen LogP contribution in [0.15, 0.2) is 45.2 Å². The average molecular weight is 381 g/mol. The first kappa shape index (κ1) is 18.4. The molecule has 0 aliphatic carbocycles. The van der Waals surface area contributed by atoms with Gasteiger partial charge in [-0.3, -0.25) is 4.90 Å². The van der Waals surface area contributed by atoms with Crippen LogP contribution in [-0.4, -0.2) is 39.3 Å². The number of aryl methyl sites for hydroxylation is 1. The minimum absolute atomic E-state index is 0.176. The molecule has 1 aliphatic heterocycles. The Morgan fingerprint density at radius 3 is 2.79 bits per heavy atom. The lowest BCUT2D eigenvalue weighted by Gasteiger charge is -2.37. The summed E-state index contributed by atoms with van der Waals surface area (Å²) >= 11 is 0. The molecule has 0 amide bonds. The third-order valence-corrected chi connectivity index (χ3v) is 5.28. The van der Waals surface area contributed by atoms with Gasteiger partial charge in [0.1, 0.15) is 11.5 Å². The third-order valence-electron chi connectivity index (χ3n) is 5.28. The molecule has 0 saturated carbocycles. The second kappa shape index (κ2) is 7.24. The number of rotatable bonds is 5. The van der Waals surface area contributed by atoms with E-state index in [0.717, 1.165) is 31.7 Å². The van der Waals surface area contributed by atoms with E-state index in [1.807, 2.05) is 18.2 Å². The standard InChI is InChI=1S/C21H23N3O4/c1-14-22-23-20(27-14)21(2)10-5-11-24(13-21)12-15-8-9-18(28-15)16-6-3-4-7-17(16)19(25)26/h3-4,6-9H,5,10-13H2,1-2H3,(H,25,26). The van der Waals surface area contributed by atoms with Crippen molar-refractivity contribution in [2.75, 3.05) is 13.1 Å². The van der Waals surface area contributed by atoms with Crippen molar-refractivity contribution in [2.24, 2.45) is 0 Å². The third kappa shape index (κ3) is 3.57. The number of nitrogens with zero attached hydrogens (tertiary/aromatic N) is 3. The molecule has 28 heavy (non-hydrogen) atoms. The molecule has 2 aromatic heterocycles. The van der Waals surface area contributed by atoms with Gasteiger partial charge in [0, 0.05) is 19.0 Å². The first-order valence-electron chi connectivity index (χ1n) is 9.39. The predicted octanol–water partition coefficient (Wildman–Crippen LogP) is 3.89. The van der Waals surface area contributed by atoms with Crippen LogP contribution in [0.4, 0.5) is 0 Å². The van der Waals surface area contributed by atoms with Crippen molar-refractivity contribution in [3.8, 4) is 11.3 Å². The van der Waals surface area contributed by atoms with E-state index in [1.54, 1.807) is 25.1 Å². The van der Waals surface area contributed by atoms with E-state index in [1.165, 1.54) is 0 Å². The molecule has 1 fully saturated rings. The Bertz CT molecular complexity index is 993. The van der Waals surface area contributed by atoms with Gasteiger partial charge in [0.2, 0.25) is 11.8 Å². The predicted molar refractivity (Wildman–Crippen MR) is 102 cm³/mol. The van der Waals surface area contributed by atoms with Crippen molar-refractivity contribution in [2.45, 2.75) is 38.6 Å². The van der Waals surface area contributed by atoms with E-state index >= 15 is 0 Å². The molecule has 1 aromatic carbocycles. The zero-order valence-electron chi connectivity index (χ0n) is 16.0. The molecule has 7 nitrogen and oxygen atoms in total. The first-order chi connectivity index (χ1) is 13.4. The number of aromatic carboxylic acids is 1. The summed E-state index contributed by atoms with van der Waals surface area (Å²) in [5, 5.41) is 17.6. The van der Waals surface area contributed by atoms with Crippen molar-refractivity contribution >= 4 is 5.97 Å². The lowest BCUT2D eigenvalue weighted by Crippen LogP contribution is -2.44. The highest BCUT2D eigenvalue weighted by molar-refractivity contribution is 5.95. The van der Waals surface area contributed by atoms with Crippen LogP contribution >= 0.6 is 0 Å². The van der Waals surface area contributed by atoms with E-state index in [2.05, 4.69) is 22.0 Å². The van der Waals surface area contributed by atoms with Crippen molar-refractivity contribution in [3.63, 3.8) is 0 Å². The SMILES string of the molecule is Cc1nnc(C2(C)CCCN(Cc3ccc(-c4ccccc4C(=O)O)o3)C2)o1. The van der Waals surface area contributed by atoms with Crippen LogP contribution in [0.2, 0.25) is 0 Å². The Kier molecular flexibility index (Phi) is 4.77. The molecule has 0 radical (unpaired) electrons. The number of furan rings is 1. The molecule has 3 heterocycles.